The second-order valence-electron chi connectivity index (χ2n) is 8.71. The molecule has 0 saturated carbocycles. The number of carboxylic acid groups (broad SMARTS) is 1. The molecule has 6 N–H and O–H groups in total. The first-order valence-electron chi connectivity index (χ1n) is 11.9. The maximum Gasteiger partial charge on any atom is 0.404 e. The number of primary amides is 1. The molecule has 0 unspecified atom stereocenters. The van der Waals surface area contributed by atoms with Gasteiger partial charge in [0.05, 0.1) is 42.7 Å². The highest BCUT2D eigenvalue weighted by atomic mass is 19.1. The molecule has 1 aromatic carbocycles. The fraction of sp³-hybridized carbons (Fsp3) is 0.280. The first-order valence-corrected chi connectivity index (χ1v) is 11.9. The highest BCUT2D eigenvalue weighted by Gasteiger charge is 2.27. The number of aromatic nitrogens is 2. The van der Waals surface area contributed by atoms with Crippen LogP contribution < -0.4 is 26.6 Å². The summed E-state index contributed by atoms with van der Waals surface area (Å²) in [7, 11) is 0. The predicted molar refractivity (Wildman–Crippen MR) is 137 cm³/mol. The van der Waals surface area contributed by atoms with E-state index >= 15 is 4.39 Å². The highest BCUT2D eigenvalue weighted by molar-refractivity contribution is 5.98. The van der Waals surface area contributed by atoms with Crippen molar-refractivity contribution in [3.05, 3.63) is 71.2 Å². The van der Waals surface area contributed by atoms with Crippen molar-refractivity contribution in [3.8, 4) is 0 Å². The molecule has 0 bridgehead atoms. The lowest BCUT2D eigenvalue weighted by molar-refractivity contribution is 0.1000. The quantitative estimate of drug-likeness (QED) is 0.272. The van der Waals surface area contributed by atoms with Crippen LogP contribution in [0.5, 0.6) is 0 Å². The lowest BCUT2D eigenvalue weighted by Crippen LogP contribution is -2.39. The van der Waals surface area contributed by atoms with Gasteiger partial charge in [0.2, 0.25) is 0 Å². The van der Waals surface area contributed by atoms with Crippen molar-refractivity contribution >= 4 is 35.1 Å². The molecule has 0 aliphatic carbocycles. The molecule has 3 aromatic rings. The van der Waals surface area contributed by atoms with Crippen LogP contribution in [0.2, 0.25) is 0 Å². The molecule has 14 heteroatoms. The van der Waals surface area contributed by atoms with Gasteiger partial charge in [-0.15, -0.1) is 0 Å². The van der Waals surface area contributed by atoms with Crippen LogP contribution in [0, 0.1) is 17.5 Å². The Morgan fingerprint density at radius 2 is 1.79 bits per heavy atom. The van der Waals surface area contributed by atoms with E-state index in [9.17, 15) is 23.5 Å². The number of nitrogens with zero attached hydrogens (tertiary/aromatic N) is 3. The van der Waals surface area contributed by atoms with Gasteiger partial charge in [-0.05, 0) is 19.1 Å². The standard InChI is InChI=1S/C25H26F3N7O4/c1-13(31-25(37)38)20(15-4-2-3-5-17(15)26)33-23-18(27)11-16(21(29)36)22(34-23)32-14-10-19(28)24(30-12-14)35-6-8-39-9-7-35/h2-5,10-13,20,31H,6-9H2,1H3,(H2,29,36)(H,37,38)(H2,32,33,34)/t13-,20-/m0/s1. The van der Waals surface area contributed by atoms with E-state index in [4.69, 9.17) is 10.5 Å². The van der Waals surface area contributed by atoms with Gasteiger partial charge in [0.1, 0.15) is 11.6 Å². The number of carbonyl (C=O) groups is 2. The highest BCUT2D eigenvalue weighted by Crippen LogP contribution is 2.30. The number of rotatable bonds is 9. The third-order valence-corrected chi connectivity index (χ3v) is 6.02. The summed E-state index contributed by atoms with van der Waals surface area (Å²) in [4.78, 5) is 33.3. The van der Waals surface area contributed by atoms with Crippen molar-refractivity contribution in [3.63, 3.8) is 0 Å². The number of benzene rings is 1. The first kappa shape index (κ1) is 27.4. The van der Waals surface area contributed by atoms with Gasteiger partial charge in [0.25, 0.3) is 5.91 Å². The number of ether oxygens (including phenoxy) is 1. The minimum atomic E-state index is -1.37. The maximum atomic E-state index is 15.1. The summed E-state index contributed by atoms with van der Waals surface area (Å²) in [5.41, 5.74) is 5.22. The van der Waals surface area contributed by atoms with Crippen molar-refractivity contribution in [2.24, 2.45) is 5.73 Å². The molecule has 1 saturated heterocycles. The lowest BCUT2D eigenvalue weighted by Gasteiger charge is -2.28. The van der Waals surface area contributed by atoms with Crippen LogP contribution in [0.1, 0.15) is 28.9 Å². The van der Waals surface area contributed by atoms with E-state index in [1.54, 1.807) is 4.90 Å². The van der Waals surface area contributed by atoms with Gasteiger partial charge in [-0.1, -0.05) is 18.2 Å². The lowest BCUT2D eigenvalue weighted by atomic mass is 9.99. The molecule has 2 aromatic heterocycles. The monoisotopic (exact) mass is 545 g/mol. The third kappa shape index (κ3) is 6.46. The number of anilines is 4. The van der Waals surface area contributed by atoms with Crippen molar-refractivity contribution in [2.75, 3.05) is 41.8 Å². The molecule has 1 aliphatic rings. The number of pyridine rings is 2. The normalized spacial score (nSPS) is 14.8. The van der Waals surface area contributed by atoms with Gasteiger partial charge < -0.3 is 36.4 Å². The number of hydrogen-bond acceptors (Lipinski definition) is 8. The molecular weight excluding hydrogens is 519 g/mol. The van der Waals surface area contributed by atoms with Gasteiger partial charge in [-0.25, -0.2) is 27.9 Å². The summed E-state index contributed by atoms with van der Waals surface area (Å²) in [6.07, 6.45) is -0.0572. The molecule has 2 amide bonds. The zero-order valence-corrected chi connectivity index (χ0v) is 20.7. The summed E-state index contributed by atoms with van der Waals surface area (Å²) < 4.78 is 49.8. The van der Waals surface area contributed by atoms with Crippen LogP contribution in [0.15, 0.2) is 42.6 Å². The van der Waals surface area contributed by atoms with Crippen LogP contribution in [0.3, 0.4) is 0 Å². The fourth-order valence-corrected chi connectivity index (χ4v) is 4.14. The zero-order chi connectivity index (χ0) is 28.1. The SMILES string of the molecule is C[C@H](NC(=O)O)[C@H](Nc1nc(Nc2cnc(N3CCOCC3)c(F)c2)c(C(N)=O)cc1F)c1ccccc1F. The van der Waals surface area contributed by atoms with Crippen LogP contribution >= 0.6 is 0 Å². The van der Waals surface area contributed by atoms with Crippen molar-refractivity contribution < 1.29 is 32.6 Å². The molecule has 39 heavy (non-hydrogen) atoms. The van der Waals surface area contributed by atoms with Gasteiger partial charge in [-0.3, -0.25) is 4.79 Å². The Kier molecular flexibility index (Phi) is 8.34. The van der Waals surface area contributed by atoms with E-state index in [0.29, 0.717) is 26.3 Å². The van der Waals surface area contributed by atoms with Gasteiger partial charge in [0, 0.05) is 24.7 Å². The van der Waals surface area contributed by atoms with Crippen molar-refractivity contribution in [2.45, 2.75) is 19.0 Å². The molecule has 0 spiro atoms. The van der Waals surface area contributed by atoms with Crippen LogP contribution in [0.4, 0.5) is 41.1 Å². The minimum Gasteiger partial charge on any atom is -0.465 e. The Hall–Kier alpha value is -4.59. The van der Waals surface area contributed by atoms with E-state index in [1.807, 2.05) is 0 Å². The molecule has 2 atom stereocenters. The molecule has 4 rings (SSSR count). The summed E-state index contributed by atoms with van der Waals surface area (Å²) in [6, 6.07) is 5.48. The molecule has 3 heterocycles. The number of nitrogens with two attached hydrogens (primary N) is 1. The largest absolute Gasteiger partial charge is 0.465 e. The van der Waals surface area contributed by atoms with E-state index in [1.165, 1.54) is 37.4 Å². The third-order valence-electron chi connectivity index (χ3n) is 6.02. The van der Waals surface area contributed by atoms with Gasteiger partial charge in [0.15, 0.2) is 23.3 Å². The number of carbonyl (C=O) groups excluding carboxylic acids is 1. The second kappa shape index (κ2) is 11.9. The number of halogens is 3. The van der Waals surface area contributed by atoms with Crippen LogP contribution in [-0.2, 0) is 4.74 Å². The molecule has 0 radical (unpaired) electrons. The molecule has 11 nitrogen and oxygen atoms in total. The topological polar surface area (TPSA) is 155 Å². The number of nitrogens with one attached hydrogen (secondary N) is 3. The molecule has 206 valence electrons. The molecule has 1 aliphatic heterocycles. The van der Waals surface area contributed by atoms with E-state index in [-0.39, 0.29) is 28.5 Å². The summed E-state index contributed by atoms with van der Waals surface area (Å²) >= 11 is 0. The number of amides is 2. The molecular formula is C25H26F3N7O4. The Labute approximate surface area is 221 Å². The van der Waals surface area contributed by atoms with Crippen LogP contribution in [-0.4, -0.2) is 59.4 Å². The fourth-order valence-electron chi connectivity index (χ4n) is 4.14. The summed E-state index contributed by atoms with van der Waals surface area (Å²) in [5, 5.41) is 16.8. The van der Waals surface area contributed by atoms with Crippen molar-refractivity contribution in [1.29, 1.82) is 0 Å². The number of morpholine rings is 1. The summed E-state index contributed by atoms with van der Waals surface area (Å²) in [6.45, 7) is 3.27. The van der Waals surface area contributed by atoms with Crippen molar-refractivity contribution in [1.82, 2.24) is 15.3 Å². The number of hydrogen-bond donors (Lipinski definition) is 5. The van der Waals surface area contributed by atoms with Gasteiger partial charge >= 0.3 is 6.09 Å². The Bertz CT molecular complexity index is 1370. The smallest absolute Gasteiger partial charge is 0.404 e. The van der Waals surface area contributed by atoms with E-state index < -0.39 is 47.4 Å². The molecule has 1 fully saturated rings. The Morgan fingerprint density at radius 3 is 2.44 bits per heavy atom. The average Bonchev–Trinajstić information content (AvgIpc) is 2.89. The van der Waals surface area contributed by atoms with Gasteiger partial charge in [-0.2, -0.15) is 0 Å². The van der Waals surface area contributed by atoms with E-state index in [0.717, 1.165) is 12.1 Å². The zero-order valence-electron chi connectivity index (χ0n) is 20.7. The average molecular weight is 546 g/mol. The first-order chi connectivity index (χ1) is 18.6. The minimum absolute atomic E-state index is 0.0402. The van der Waals surface area contributed by atoms with E-state index in [2.05, 4.69) is 25.9 Å². The second-order valence-corrected chi connectivity index (χ2v) is 8.71. The van der Waals surface area contributed by atoms with Crippen LogP contribution in [0.25, 0.3) is 0 Å². The maximum absolute atomic E-state index is 15.1. The summed E-state index contributed by atoms with van der Waals surface area (Å²) in [5.74, 6) is -3.86. The Balaban J connectivity index is 1.67. The Morgan fingerprint density at radius 1 is 1.08 bits per heavy atom. The predicted octanol–water partition coefficient (Wildman–Crippen LogP) is 3.38.